The Morgan fingerprint density at radius 2 is 2.17 bits per heavy atom. The predicted molar refractivity (Wildman–Crippen MR) is 80.0 cm³/mol. The standard InChI is InChI=1S/C16H21NS/c1-12-6-7-13(8-12)9-17-10-14-11-18-16-5-3-2-4-15(14)16/h2-5,11-13,17H,6-10H2,1H3. The Bertz CT molecular complexity index is 517. The zero-order valence-electron chi connectivity index (χ0n) is 11.0. The van der Waals surface area contributed by atoms with Crippen LogP contribution in [0.25, 0.3) is 10.1 Å². The minimum absolute atomic E-state index is 0.907. The third-order valence-electron chi connectivity index (χ3n) is 4.11. The number of thiophene rings is 1. The lowest BCUT2D eigenvalue weighted by Gasteiger charge is -2.10. The van der Waals surface area contributed by atoms with Gasteiger partial charge in [0.1, 0.15) is 0 Å². The maximum Gasteiger partial charge on any atom is 0.0346 e. The van der Waals surface area contributed by atoms with Crippen molar-refractivity contribution in [1.29, 1.82) is 0 Å². The maximum absolute atomic E-state index is 3.65. The van der Waals surface area contributed by atoms with Crippen LogP contribution in [0.4, 0.5) is 0 Å². The summed E-state index contributed by atoms with van der Waals surface area (Å²) in [5.74, 6) is 1.85. The quantitative estimate of drug-likeness (QED) is 0.856. The van der Waals surface area contributed by atoms with Crippen molar-refractivity contribution < 1.29 is 0 Å². The molecule has 1 saturated carbocycles. The molecule has 0 saturated heterocycles. The lowest BCUT2D eigenvalue weighted by Crippen LogP contribution is -2.20. The van der Waals surface area contributed by atoms with Crippen LogP contribution in [0.15, 0.2) is 29.6 Å². The molecule has 18 heavy (non-hydrogen) atoms. The van der Waals surface area contributed by atoms with Gasteiger partial charge in [-0.1, -0.05) is 31.5 Å². The summed E-state index contributed by atoms with van der Waals surface area (Å²) in [7, 11) is 0. The van der Waals surface area contributed by atoms with Crippen molar-refractivity contribution in [3.05, 3.63) is 35.2 Å². The molecule has 2 heteroatoms. The lowest BCUT2D eigenvalue weighted by atomic mass is 10.1. The summed E-state index contributed by atoms with van der Waals surface area (Å²) in [4.78, 5) is 0. The molecule has 1 aliphatic carbocycles. The second kappa shape index (κ2) is 5.41. The van der Waals surface area contributed by atoms with E-state index in [1.807, 2.05) is 11.3 Å². The average molecular weight is 259 g/mol. The largest absolute Gasteiger partial charge is 0.312 e. The van der Waals surface area contributed by atoms with Crippen LogP contribution >= 0.6 is 11.3 Å². The van der Waals surface area contributed by atoms with E-state index in [1.54, 1.807) is 0 Å². The van der Waals surface area contributed by atoms with E-state index in [0.717, 1.165) is 18.4 Å². The topological polar surface area (TPSA) is 12.0 Å². The fourth-order valence-corrected chi connectivity index (χ4v) is 4.05. The smallest absolute Gasteiger partial charge is 0.0346 e. The number of nitrogens with one attached hydrogen (secondary N) is 1. The van der Waals surface area contributed by atoms with Gasteiger partial charge in [-0.3, -0.25) is 0 Å². The van der Waals surface area contributed by atoms with Gasteiger partial charge < -0.3 is 5.32 Å². The van der Waals surface area contributed by atoms with E-state index < -0.39 is 0 Å². The number of hydrogen-bond donors (Lipinski definition) is 1. The van der Waals surface area contributed by atoms with Gasteiger partial charge in [-0.25, -0.2) is 0 Å². The van der Waals surface area contributed by atoms with Crippen molar-refractivity contribution in [2.24, 2.45) is 11.8 Å². The van der Waals surface area contributed by atoms with Gasteiger partial charge in [0, 0.05) is 11.2 Å². The van der Waals surface area contributed by atoms with E-state index in [4.69, 9.17) is 0 Å². The third-order valence-corrected chi connectivity index (χ3v) is 5.13. The molecule has 2 atom stereocenters. The highest BCUT2D eigenvalue weighted by atomic mass is 32.1. The highest BCUT2D eigenvalue weighted by Crippen LogP contribution is 2.30. The SMILES string of the molecule is CC1CCC(CNCc2csc3ccccc23)C1. The van der Waals surface area contributed by atoms with Crippen LogP contribution in [-0.4, -0.2) is 6.54 Å². The molecular weight excluding hydrogens is 238 g/mol. The van der Waals surface area contributed by atoms with Gasteiger partial charge in [0.15, 0.2) is 0 Å². The second-order valence-corrected chi connectivity index (χ2v) is 6.58. The molecule has 0 radical (unpaired) electrons. The first kappa shape index (κ1) is 12.2. The number of hydrogen-bond acceptors (Lipinski definition) is 2. The van der Waals surface area contributed by atoms with Crippen molar-refractivity contribution in [3.8, 4) is 0 Å². The molecule has 2 aromatic rings. The number of benzene rings is 1. The lowest BCUT2D eigenvalue weighted by molar-refractivity contribution is 0.471. The molecule has 1 fully saturated rings. The van der Waals surface area contributed by atoms with Gasteiger partial charge in [-0.05, 0) is 53.6 Å². The molecule has 2 unspecified atom stereocenters. The Morgan fingerprint density at radius 3 is 3.00 bits per heavy atom. The molecule has 96 valence electrons. The van der Waals surface area contributed by atoms with E-state index in [9.17, 15) is 0 Å². The van der Waals surface area contributed by atoms with Gasteiger partial charge in [-0.15, -0.1) is 11.3 Å². The minimum Gasteiger partial charge on any atom is -0.312 e. The van der Waals surface area contributed by atoms with Crippen LogP contribution in [-0.2, 0) is 6.54 Å². The highest BCUT2D eigenvalue weighted by molar-refractivity contribution is 7.17. The minimum atomic E-state index is 0.907. The molecule has 1 aromatic carbocycles. The van der Waals surface area contributed by atoms with Crippen LogP contribution in [0, 0.1) is 11.8 Å². The normalized spacial score (nSPS) is 23.8. The van der Waals surface area contributed by atoms with Crippen molar-refractivity contribution in [2.45, 2.75) is 32.7 Å². The first-order valence-corrected chi connectivity index (χ1v) is 7.86. The molecule has 0 spiro atoms. The Morgan fingerprint density at radius 1 is 1.28 bits per heavy atom. The maximum atomic E-state index is 3.65. The van der Waals surface area contributed by atoms with Gasteiger partial charge >= 0.3 is 0 Å². The fourth-order valence-electron chi connectivity index (χ4n) is 3.09. The first-order chi connectivity index (χ1) is 8.83. The van der Waals surface area contributed by atoms with Gasteiger partial charge in [0.05, 0.1) is 0 Å². The fraction of sp³-hybridized carbons (Fsp3) is 0.500. The second-order valence-electron chi connectivity index (χ2n) is 5.67. The molecule has 3 rings (SSSR count). The predicted octanol–water partition coefficient (Wildman–Crippen LogP) is 4.43. The zero-order valence-corrected chi connectivity index (χ0v) is 11.8. The Balaban J connectivity index is 1.57. The number of rotatable bonds is 4. The summed E-state index contributed by atoms with van der Waals surface area (Å²) in [6, 6.07) is 8.70. The van der Waals surface area contributed by atoms with Gasteiger partial charge in [0.25, 0.3) is 0 Å². The van der Waals surface area contributed by atoms with E-state index >= 15 is 0 Å². The van der Waals surface area contributed by atoms with E-state index in [-0.39, 0.29) is 0 Å². The van der Waals surface area contributed by atoms with E-state index in [1.165, 1.54) is 41.5 Å². The summed E-state index contributed by atoms with van der Waals surface area (Å²) in [5.41, 5.74) is 1.46. The van der Waals surface area contributed by atoms with Gasteiger partial charge in [0.2, 0.25) is 0 Å². The van der Waals surface area contributed by atoms with Crippen molar-refractivity contribution in [2.75, 3.05) is 6.54 Å². The Hall–Kier alpha value is -0.860. The van der Waals surface area contributed by atoms with Crippen LogP contribution < -0.4 is 5.32 Å². The van der Waals surface area contributed by atoms with Crippen molar-refractivity contribution in [1.82, 2.24) is 5.32 Å². The first-order valence-electron chi connectivity index (χ1n) is 6.99. The van der Waals surface area contributed by atoms with Crippen molar-refractivity contribution in [3.63, 3.8) is 0 Å². The van der Waals surface area contributed by atoms with Crippen molar-refractivity contribution >= 4 is 21.4 Å². The summed E-state index contributed by atoms with van der Waals surface area (Å²) in [5, 5.41) is 7.38. The molecule has 0 bridgehead atoms. The van der Waals surface area contributed by atoms with Gasteiger partial charge in [-0.2, -0.15) is 0 Å². The Kier molecular flexibility index (Phi) is 3.67. The van der Waals surface area contributed by atoms with Crippen LogP contribution in [0.2, 0.25) is 0 Å². The molecule has 1 heterocycles. The van der Waals surface area contributed by atoms with Crippen LogP contribution in [0.1, 0.15) is 31.7 Å². The summed E-state index contributed by atoms with van der Waals surface area (Å²) < 4.78 is 1.41. The average Bonchev–Trinajstić information content (AvgIpc) is 2.97. The van der Waals surface area contributed by atoms with E-state index in [2.05, 4.69) is 41.9 Å². The molecule has 1 N–H and O–H groups in total. The molecule has 1 aliphatic rings. The third kappa shape index (κ3) is 2.60. The summed E-state index contributed by atoms with van der Waals surface area (Å²) in [6.07, 6.45) is 4.25. The van der Waals surface area contributed by atoms with Crippen LogP contribution in [0.3, 0.4) is 0 Å². The number of fused-ring (bicyclic) bond motifs is 1. The van der Waals surface area contributed by atoms with E-state index in [0.29, 0.717) is 0 Å². The monoisotopic (exact) mass is 259 g/mol. The highest BCUT2D eigenvalue weighted by Gasteiger charge is 2.20. The molecule has 1 aromatic heterocycles. The zero-order chi connectivity index (χ0) is 12.4. The van der Waals surface area contributed by atoms with Crippen LogP contribution in [0.5, 0.6) is 0 Å². The summed E-state index contributed by atoms with van der Waals surface area (Å²) >= 11 is 1.86. The molecular formula is C16H21NS. The Labute approximate surface area is 113 Å². The molecule has 0 amide bonds. The summed E-state index contributed by atoms with van der Waals surface area (Å²) in [6.45, 7) is 4.59. The molecule has 0 aliphatic heterocycles. The molecule has 1 nitrogen and oxygen atoms in total.